The smallest absolute Gasteiger partial charge is 0.220 e. The van der Waals surface area contributed by atoms with Crippen molar-refractivity contribution in [1.82, 2.24) is 0 Å². The summed E-state index contributed by atoms with van der Waals surface area (Å²) in [5.74, 6) is 6.67. The molecule has 0 unspecified atom stereocenters. The molecule has 1 aliphatic carbocycles. The lowest BCUT2D eigenvalue weighted by atomic mass is 9.93. The van der Waals surface area contributed by atoms with Gasteiger partial charge in [-0.15, -0.1) is 11.8 Å². The average molecular weight is 306 g/mol. The van der Waals surface area contributed by atoms with E-state index in [-0.39, 0.29) is 11.8 Å². The summed E-state index contributed by atoms with van der Waals surface area (Å²) in [5.41, 5.74) is 5.55. The quantitative estimate of drug-likeness (QED) is 0.652. The van der Waals surface area contributed by atoms with Crippen molar-refractivity contribution in [3.8, 4) is 11.8 Å². The lowest BCUT2D eigenvalue weighted by Gasteiger charge is -2.13. The van der Waals surface area contributed by atoms with Gasteiger partial charge in [-0.05, 0) is 25.7 Å². The molecule has 1 amide bonds. The van der Waals surface area contributed by atoms with Gasteiger partial charge < -0.3 is 5.73 Å². The maximum Gasteiger partial charge on any atom is 0.220 e. The first-order valence-electron chi connectivity index (χ1n) is 9.56. The number of carbonyl (C=O) groups excluding carboxylic acids is 1. The van der Waals surface area contributed by atoms with E-state index in [1.54, 1.807) is 0 Å². The van der Waals surface area contributed by atoms with Gasteiger partial charge in [0.25, 0.3) is 0 Å². The summed E-state index contributed by atoms with van der Waals surface area (Å²) in [5, 5.41) is 0. The molecule has 0 saturated heterocycles. The highest BCUT2D eigenvalue weighted by Gasteiger charge is 2.14. The number of rotatable bonds is 1. The number of primary amides is 1. The van der Waals surface area contributed by atoms with Crippen LogP contribution in [0.25, 0.3) is 0 Å². The minimum absolute atomic E-state index is 0.0805. The van der Waals surface area contributed by atoms with Crippen LogP contribution >= 0.6 is 0 Å². The molecule has 0 aromatic rings. The van der Waals surface area contributed by atoms with E-state index >= 15 is 0 Å². The Hall–Kier alpha value is -0.970. The second-order valence-corrected chi connectivity index (χ2v) is 6.77. The second-order valence-electron chi connectivity index (χ2n) is 6.77. The van der Waals surface area contributed by atoms with E-state index in [1.807, 2.05) is 0 Å². The Kier molecular flexibility index (Phi) is 11.9. The van der Waals surface area contributed by atoms with Gasteiger partial charge in [0.1, 0.15) is 0 Å². The molecule has 0 aromatic carbocycles. The van der Waals surface area contributed by atoms with E-state index in [9.17, 15) is 4.79 Å². The Labute approximate surface area is 137 Å². The van der Waals surface area contributed by atoms with Crippen LogP contribution in [0.4, 0.5) is 0 Å². The van der Waals surface area contributed by atoms with Crippen LogP contribution in [-0.2, 0) is 4.79 Å². The van der Waals surface area contributed by atoms with E-state index in [0.29, 0.717) is 0 Å². The third-order valence-corrected chi connectivity index (χ3v) is 4.74. The molecular weight excluding hydrogens is 270 g/mol. The lowest BCUT2D eigenvalue weighted by Crippen LogP contribution is -2.23. The highest BCUT2D eigenvalue weighted by molar-refractivity contribution is 5.76. The van der Waals surface area contributed by atoms with Crippen molar-refractivity contribution in [2.45, 2.75) is 103 Å². The number of carbonyl (C=O) groups is 1. The van der Waals surface area contributed by atoms with Gasteiger partial charge in [-0.25, -0.2) is 0 Å². The molecule has 0 fully saturated rings. The molecule has 0 spiro atoms. The summed E-state index contributed by atoms with van der Waals surface area (Å²) in [7, 11) is 0. The Morgan fingerprint density at radius 2 is 1.00 bits per heavy atom. The van der Waals surface area contributed by atoms with Crippen molar-refractivity contribution in [1.29, 1.82) is 0 Å². The van der Waals surface area contributed by atoms with Crippen LogP contribution in [0.3, 0.4) is 0 Å². The molecule has 0 aromatic heterocycles. The molecule has 22 heavy (non-hydrogen) atoms. The molecular formula is C20H35NO. The van der Waals surface area contributed by atoms with Gasteiger partial charge in [0.15, 0.2) is 0 Å². The molecule has 2 N–H and O–H groups in total. The van der Waals surface area contributed by atoms with Crippen LogP contribution in [0.1, 0.15) is 103 Å². The Morgan fingerprint density at radius 3 is 1.41 bits per heavy atom. The van der Waals surface area contributed by atoms with Gasteiger partial charge in [0.05, 0.1) is 0 Å². The summed E-state index contributed by atoms with van der Waals surface area (Å²) in [6, 6.07) is 0. The van der Waals surface area contributed by atoms with Gasteiger partial charge in [-0.2, -0.15) is 0 Å². The molecule has 0 atom stereocenters. The fourth-order valence-corrected chi connectivity index (χ4v) is 3.23. The van der Waals surface area contributed by atoms with Gasteiger partial charge >= 0.3 is 0 Å². The van der Waals surface area contributed by atoms with Crippen LogP contribution in [0, 0.1) is 17.8 Å². The predicted octanol–water partition coefficient (Wildman–Crippen LogP) is 5.35. The molecule has 2 nitrogen and oxygen atoms in total. The summed E-state index contributed by atoms with van der Waals surface area (Å²) < 4.78 is 0. The number of hydrogen-bond acceptors (Lipinski definition) is 1. The first-order valence-corrected chi connectivity index (χ1v) is 9.56. The van der Waals surface area contributed by atoms with E-state index in [0.717, 1.165) is 38.5 Å². The molecule has 0 saturated carbocycles. The van der Waals surface area contributed by atoms with Gasteiger partial charge in [-0.1, -0.05) is 64.2 Å². The molecule has 1 aliphatic rings. The van der Waals surface area contributed by atoms with Crippen LogP contribution in [-0.4, -0.2) is 5.91 Å². The van der Waals surface area contributed by atoms with Crippen molar-refractivity contribution >= 4 is 5.91 Å². The van der Waals surface area contributed by atoms with E-state index in [2.05, 4.69) is 11.8 Å². The molecule has 1 rings (SSSR count). The summed E-state index contributed by atoms with van der Waals surface area (Å²) in [6.45, 7) is 0. The molecule has 126 valence electrons. The standard InChI is InChI=1S/C20H35NO/c21-20(22)19-17-15-13-11-9-7-5-3-1-2-4-6-8-10-12-14-16-18-19/h19H,3-18H2,(H2,21,22). The Balaban J connectivity index is 2.28. The van der Waals surface area contributed by atoms with E-state index in [1.165, 1.54) is 64.2 Å². The van der Waals surface area contributed by atoms with Gasteiger partial charge in [0, 0.05) is 18.8 Å². The SMILES string of the molecule is NC(=O)C1CCCCCCCCC#CCCCCCCCC1. The fourth-order valence-electron chi connectivity index (χ4n) is 3.23. The second kappa shape index (κ2) is 13.7. The van der Waals surface area contributed by atoms with Crippen molar-refractivity contribution in [2.75, 3.05) is 0 Å². The van der Waals surface area contributed by atoms with Crippen molar-refractivity contribution < 1.29 is 4.79 Å². The minimum Gasteiger partial charge on any atom is -0.369 e. The van der Waals surface area contributed by atoms with E-state index in [4.69, 9.17) is 5.73 Å². The highest BCUT2D eigenvalue weighted by Crippen LogP contribution is 2.19. The first kappa shape index (κ1) is 19.1. The van der Waals surface area contributed by atoms with Crippen LogP contribution in [0.2, 0.25) is 0 Å². The minimum atomic E-state index is -0.0805. The fraction of sp³-hybridized carbons (Fsp3) is 0.850. The molecule has 0 radical (unpaired) electrons. The van der Waals surface area contributed by atoms with Crippen LogP contribution in [0.5, 0.6) is 0 Å². The Morgan fingerprint density at radius 1 is 0.636 bits per heavy atom. The maximum absolute atomic E-state index is 11.5. The zero-order chi connectivity index (χ0) is 15.9. The third-order valence-electron chi connectivity index (χ3n) is 4.74. The average Bonchev–Trinajstić information content (AvgIpc) is 2.50. The third kappa shape index (κ3) is 10.7. The zero-order valence-electron chi connectivity index (χ0n) is 14.4. The molecule has 0 aliphatic heterocycles. The van der Waals surface area contributed by atoms with Crippen LogP contribution < -0.4 is 5.73 Å². The largest absolute Gasteiger partial charge is 0.369 e. The first-order chi connectivity index (χ1) is 10.8. The summed E-state index contributed by atoms with van der Waals surface area (Å²) in [4.78, 5) is 11.5. The van der Waals surface area contributed by atoms with Crippen molar-refractivity contribution in [3.63, 3.8) is 0 Å². The van der Waals surface area contributed by atoms with Gasteiger partial charge in [-0.3, -0.25) is 4.79 Å². The number of amides is 1. The van der Waals surface area contributed by atoms with Crippen molar-refractivity contribution in [2.24, 2.45) is 11.7 Å². The normalized spacial score (nSPS) is 21.6. The summed E-state index contributed by atoms with van der Waals surface area (Å²) in [6.07, 6.45) is 19.3. The molecule has 0 bridgehead atoms. The van der Waals surface area contributed by atoms with Crippen molar-refractivity contribution in [3.05, 3.63) is 0 Å². The number of hydrogen-bond donors (Lipinski definition) is 1. The highest BCUT2D eigenvalue weighted by atomic mass is 16.1. The molecule has 2 heteroatoms. The van der Waals surface area contributed by atoms with Crippen LogP contribution in [0.15, 0.2) is 0 Å². The number of nitrogens with two attached hydrogens (primary N) is 1. The lowest BCUT2D eigenvalue weighted by molar-refractivity contribution is -0.122. The maximum atomic E-state index is 11.5. The van der Waals surface area contributed by atoms with Gasteiger partial charge in [0.2, 0.25) is 5.91 Å². The Bertz CT molecular complexity index is 315. The summed E-state index contributed by atoms with van der Waals surface area (Å²) >= 11 is 0. The topological polar surface area (TPSA) is 43.1 Å². The van der Waals surface area contributed by atoms with E-state index < -0.39 is 0 Å². The predicted molar refractivity (Wildman–Crippen MR) is 94.3 cm³/mol. The zero-order valence-corrected chi connectivity index (χ0v) is 14.4. The molecule has 0 heterocycles. The monoisotopic (exact) mass is 305 g/mol.